The van der Waals surface area contributed by atoms with Gasteiger partial charge in [0.05, 0.1) is 0 Å². The van der Waals surface area contributed by atoms with Gasteiger partial charge in [-0.3, -0.25) is 10.1 Å². The van der Waals surface area contributed by atoms with Crippen molar-refractivity contribution in [3.63, 3.8) is 0 Å². The number of urea groups is 1. The fourth-order valence-electron chi connectivity index (χ4n) is 2.47. The van der Waals surface area contributed by atoms with Crippen LogP contribution >= 0.6 is 11.6 Å². The molecular formula is C13H23ClN2O2. The Morgan fingerprint density at radius 3 is 2.72 bits per heavy atom. The highest BCUT2D eigenvalue weighted by molar-refractivity contribution is 6.31. The Labute approximate surface area is 114 Å². The number of nitrogens with one attached hydrogen (secondary N) is 2. The van der Waals surface area contributed by atoms with Gasteiger partial charge in [-0.15, -0.1) is 11.6 Å². The van der Waals surface area contributed by atoms with E-state index in [1.807, 2.05) is 0 Å². The smallest absolute Gasteiger partial charge is 0.321 e. The van der Waals surface area contributed by atoms with E-state index in [0.717, 1.165) is 12.3 Å². The van der Waals surface area contributed by atoms with E-state index in [0.29, 0.717) is 12.5 Å². The molecule has 5 heteroatoms. The van der Waals surface area contributed by atoms with Gasteiger partial charge in [-0.05, 0) is 31.6 Å². The van der Waals surface area contributed by atoms with Crippen LogP contribution < -0.4 is 10.6 Å². The highest BCUT2D eigenvalue weighted by Gasteiger charge is 2.19. The Balaban J connectivity index is 2.13. The minimum absolute atomic E-state index is 0.448. The predicted octanol–water partition coefficient (Wildman–Crippen LogP) is 2.66. The second-order valence-electron chi connectivity index (χ2n) is 5.29. The molecule has 0 heterocycles. The standard InChI is InChI=1S/C13H23ClN2O2/c1-9-4-3-5-11(8-9)6-7-15-13(18)16-12(17)10(2)14/h9-11H,3-8H2,1-2H3,(H2,15,16,17,18). The van der Waals surface area contributed by atoms with Gasteiger partial charge in [-0.1, -0.05) is 26.2 Å². The van der Waals surface area contributed by atoms with Gasteiger partial charge in [0.2, 0.25) is 5.91 Å². The molecule has 3 unspecified atom stereocenters. The number of amides is 3. The van der Waals surface area contributed by atoms with Gasteiger partial charge in [0, 0.05) is 6.54 Å². The number of carbonyl (C=O) groups excluding carboxylic acids is 2. The lowest BCUT2D eigenvalue weighted by atomic mass is 9.81. The molecule has 0 aromatic carbocycles. The second-order valence-corrected chi connectivity index (χ2v) is 5.94. The quantitative estimate of drug-likeness (QED) is 0.775. The van der Waals surface area contributed by atoms with E-state index in [4.69, 9.17) is 11.6 Å². The summed E-state index contributed by atoms with van der Waals surface area (Å²) < 4.78 is 0. The summed E-state index contributed by atoms with van der Waals surface area (Å²) in [5, 5.41) is 4.22. The van der Waals surface area contributed by atoms with E-state index in [1.54, 1.807) is 0 Å². The zero-order chi connectivity index (χ0) is 13.5. The Bertz CT molecular complexity index is 295. The van der Waals surface area contributed by atoms with Gasteiger partial charge in [0.25, 0.3) is 0 Å². The third kappa shape index (κ3) is 5.71. The van der Waals surface area contributed by atoms with Crippen LogP contribution in [-0.2, 0) is 4.79 Å². The molecule has 0 aromatic heterocycles. The number of hydrogen-bond acceptors (Lipinski definition) is 2. The third-order valence-electron chi connectivity index (χ3n) is 3.48. The van der Waals surface area contributed by atoms with Crippen LogP contribution in [0.15, 0.2) is 0 Å². The van der Waals surface area contributed by atoms with Gasteiger partial charge >= 0.3 is 6.03 Å². The minimum Gasteiger partial charge on any atom is -0.338 e. The molecule has 0 spiro atoms. The Hall–Kier alpha value is -0.770. The number of alkyl halides is 1. The van der Waals surface area contributed by atoms with E-state index in [1.165, 1.54) is 32.6 Å². The largest absolute Gasteiger partial charge is 0.338 e. The van der Waals surface area contributed by atoms with Crippen molar-refractivity contribution in [2.75, 3.05) is 6.54 Å². The molecule has 1 rings (SSSR count). The minimum atomic E-state index is -0.685. The monoisotopic (exact) mass is 274 g/mol. The summed E-state index contributed by atoms with van der Waals surface area (Å²) in [5.41, 5.74) is 0. The molecule has 104 valence electrons. The first-order chi connectivity index (χ1) is 8.49. The molecule has 0 bridgehead atoms. The first kappa shape index (κ1) is 15.3. The van der Waals surface area contributed by atoms with Gasteiger partial charge in [0.15, 0.2) is 0 Å². The molecular weight excluding hydrogens is 252 g/mol. The zero-order valence-electron chi connectivity index (χ0n) is 11.2. The zero-order valence-corrected chi connectivity index (χ0v) is 11.9. The molecule has 4 nitrogen and oxygen atoms in total. The van der Waals surface area contributed by atoms with Crippen LogP contribution in [-0.4, -0.2) is 23.9 Å². The fourth-order valence-corrected chi connectivity index (χ4v) is 2.52. The lowest BCUT2D eigenvalue weighted by Gasteiger charge is -2.26. The lowest BCUT2D eigenvalue weighted by molar-refractivity contribution is -0.119. The summed E-state index contributed by atoms with van der Waals surface area (Å²) in [6.45, 7) is 4.44. The summed E-state index contributed by atoms with van der Waals surface area (Å²) in [7, 11) is 0. The van der Waals surface area contributed by atoms with Crippen LogP contribution in [0.3, 0.4) is 0 Å². The maximum Gasteiger partial charge on any atom is 0.321 e. The summed E-state index contributed by atoms with van der Waals surface area (Å²) in [4.78, 5) is 22.5. The number of rotatable bonds is 4. The fraction of sp³-hybridized carbons (Fsp3) is 0.846. The highest BCUT2D eigenvalue weighted by Crippen LogP contribution is 2.30. The predicted molar refractivity (Wildman–Crippen MR) is 72.6 cm³/mol. The van der Waals surface area contributed by atoms with Crippen LogP contribution in [0.4, 0.5) is 4.79 Å². The third-order valence-corrected chi connectivity index (χ3v) is 3.68. The molecule has 0 aliphatic heterocycles. The van der Waals surface area contributed by atoms with Crippen LogP contribution in [0.25, 0.3) is 0 Å². The number of halogens is 1. The summed E-state index contributed by atoms with van der Waals surface area (Å²) in [5.74, 6) is 1.05. The van der Waals surface area contributed by atoms with Crippen LogP contribution in [0.2, 0.25) is 0 Å². The molecule has 0 aromatic rings. The molecule has 1 saturated carbocycles. The van der Waals surface area contributed by atoms with E-state index < -0.39 is 17.3 Å². The van der Waals surface area contributed by atoms with Crippen molar-refractivity contribution >= 4 is 23.5 Å². The molecule has 2 N–H and O–H groups in total. The van der Waals surface area contributed by atoms with E-state index in [2.05, 4.69) is 17.6 Å². The highest BCUT2D eigenvalue weighted by atomic mass is 35.5. The molecule has 1 fully saturated rings. The molecule has 3 amide bonds. The molecule has 0 radical (unpaired) electrons. The van der Waals surface area contributed by atoms with Gasteiger partial charge in [-0.2, -0.15) is 0 Å². The summed E-state index contributed by atoms with van der Waals surface area (Å²) in [6, 6.07) is -0.448. The summed E-state index contributed by atoms with van der Waals surface area (Å²) >= 11 is 5.55. The van der Waals surface area contributed by atoms with Crippen LogP contribution in [0.1, 0.15) is 46.0 Å². The molecule has 1 aliphatic carbocycles. The van der Waals surface area contributed by atoms with E-state index in [9.17, 15) is 9.59 Å². The Morgan fingerprint density at radius 2 is 2.11 bits per heavy atom. The maximum absolute atomic E-state index is 11.4. The van der Waals surface area contributed by atoms with Crippen LogP contribution in [0.5, 0.6) is 0 Å². The van der Waals surface area contributed by atoms with Crippen molar-refractivity contribution in [2.45, 2.75) is 51.3 Å². The van der Waals surface area contributed by atoms with Crippen molar-refractivity contribution < 1.29 is 9.59 Å². The molecule has 18 heavy (non-hydrogen) atoms. The van der Waals surface area contributed by atoms with E-state index >= 15 is 0 Å². The second kappa shape index (κ2) is 7.62. The van der Waals surface area contributed by atoms with Gasteiger partial charge in [0.1, 0.15) is 5.38 Å². The van der Waals surface area contributed by atoms with Gasteiger partial charge < -0.3 is 5.32 Å². The van der Waals surface area contributed by atoms with Crippen molar-refractivity contribution in [2.24, 2.45) is 11.8 Å². The Kier molecular flexibility index (Phi) is 6.47. The normalized spacial score (nSPS) is 25.3. The topological polar surface area (TPSA) is 58.2 Å². The van der Waals surface area contributed by atoms with Crippen molar-refractivity contribution in [3.8, 4) is 0 Å². The van der Waals surface area contributed by atoms with E-state index in [-0.39, 0.29) is 0 Å². The maximum atomic E-state index is 11.4. The van der Waals surface area contributed by atoms with Gasteiger partial charge in [-0.25, -0.2) is 4.79 Å². The summed E-state index contributed by atoms with van der Waals surface area (Å²) in [6.07, 6.45) is 6.11. The SMILES string of the molecule is CC1CCCC(CCNC(=O)NC(=O)C(C)Cl)C1. The number of carbonyl (C=O) groups is 2. The first-order valence-corrected chi connectivity index (χ1v) is 7.15. The van der Waals surface area contributed by atoms with Crippen molar-refractivity contribution in [1.82, 2.24) is 10.6 Å². The lowest BCUT2D eigenvalue weighted by Crippen LogP contribution is -2.42. The molecule has 0 saturated heterocycles. The van der Waals surface area contributed by atoms with Crippen molar-refractivity contribution in [3.05, 3.63) is 0 Å². The molecule has 3 atom stereocenters. The number of imide groups is 1. The van der Waals surface area contributed by atoms with Crippen LogP contribution in [0, 0.1) is 11.8 Å². The molecule has 1 aliphatic rings. The average molecular weight is 275 g/mol. The first-order valence-electron chi connectivity index (χ1n) is 6.71. The average Bonchev–Trinajstić information content (AvgIpc) is 2.28. The van der Waals surface area contributed by atoms with Crippen molar-refractivity contribution in [1.29, 1.82) is 0 Å². The number of hydrogen-bond donors (Lipinski definition) is 2. The Morgan fingerprint density at radius 1 is 1.39 bits per heavy atom.